The van der Waals surface area contributed by atoms with E-state index >= 15 is 0 Å². The van der Waals surface area contributed by atoms with Crippen LogP contribution in [0.1, 0.15) is 18.5 Å². The van der Waals surface area contributed by atoms with E-state index in [1.807, 2.05) is 0 Å². The van der Waals surface area contributed by atoms with E-state index in [-0.39, 0.29) is 37.6 Å². The molecule has 0 aliphatic rings. The Kier molecular flexibility index (Phi) is 5.56. The first-order chi connectivity index (χ1) is 11.3. The number of hydrogen-bond donors (Lipinski definition) is 1. The second-order valence-electron chi connectivity index (χ2n) is 5.02. The quantitative estimate of drug-likeness (QED) is 0.384. The van der Waals surface area contributed by atoms with Gasteiger partial charge in [-0.1, -0.05) is 10.2 Å². The first-order valence-electron chi connectivity index (χ1n) is 6.88. The van der Waals surface area contributed by atoms with Crippen molar-refractivity contribution in [3.63, 3.8) is 0 Å². The van der Waals surface area contributed by atoms with Crippen molar-refractivity contribution >= 4 is 16.1 Å². The summed E-state index contributed by atoms with van der Waals surface area (Å²) in [5.74, 6) is -0.370. The third-order valence-electron chi connectivity index (χ3n) is 3.26. The molecule has 2 aromatic rings. The Morgan fingerprint density at radius 2 is 2.21 bits per heavy atom. The smallest absolute Gasteiger partial charge is 0.390 e. The summed E-state index contributed by atoms with van der Waals surface area (Å²) in [5.41, 5.74) is 0.263. The summed E-state index contributed by atoms with van der Waals surface area (Å²) in [7, 11) is -4.34. The maximum Gasteiger partial charge on any atom is 0.436 e. The summed E-state index contributed by atoms with van der Waals surface area (Å²) in [6, 6.07) is 0. The molecular formula is C11H15FN6O5S. The highest BCUT2D eigenvalue weighted by molar-refractivity contribution is 7.86. The molecule has 1 atom stereocenters. The Bertz CT molecular complexity index is 803. The fourth-order valence-electron chi connectivity index (χ4n) is 2.14. The molecular weight excluding hydrogens is 347 g/mol. The zero-order valence-corrected chi connectivity index (χ0v) is 13.2. The van der Waals surface area contributed by atoms with Gasteiger partial charge in [-0.15, -0.1) is 5.10 Å². The van der Waals surface area contributed by atoms with Gasteiger partial charge in [-0.3, -0.25) is 8.94 Å². The van der Waals surface area contributed by atoms with E-state index < -0.39 is 27.0 Å². The van der Waals surface area contributed by atoms with Crippen LogP contribution in [0.4, 0.5) is 10.3 Å². The fraction of sp³-hybridized carbons (Fsp3) is 0.545. The molecule has 0 bridgehead atoms. The van der Waals surface area contributed by atoms with Crippen LogP contribution in [0.2, 0.25) is 0 Å². The van der Waals surface area contributed by atoms with Crippen LogP contribution in [0.5, 0.6) is 0 Å². The third-order valence-corrected chi connectivity index (χ3v) is 4.50. The number of imidazole rings is 1. The van der Waals surface area contributed by atoms with Gasteiger partial charge in [0, 0.05) is 6.42 Å². The summed E-state index contributed by atoms with van der Waals surface area (Å²) in [6.07, 6.45) is 3.88. The molecule has 2 aromatic heterocycles. The highest BCUT2D eigenvalue weighted by atomic mass is 32.2. The van der Waals surface area contributed by atoms with E-state index in [4.69, 9.17) is 0 Å². The predicted octanol–water partition coefficient (Wildman–Crippen LogP) is 0.437. The lowest BCUT2D eigenvalue weighted by molar-refractivity contribution is -0.396. The molecule has 0 spiro atoms. The third kappa shape index (κ3) is 4.55. The first-order valence-corrected chi connectivity index (χ1v) is 8.38. The highest BCUT2D eigenvalue weighted by Gasteiger charge is 2.24. The van der Waals surface area contributed by atoms with Crippen LogP contribution < -0.4 is 0 Å². The second kappa shape index (κ2) is 7.44. The monoisotopic (exact) mass is 362 g/mol. The molecule has 24 heavy (non-hydrogen) atoms. The van der Waals surface area contributed by atoms with Crippen molar-refractivity contribution < 1.29 is 22.3 Å². The normalized spacial score (nSPS) is 13.1. The Balaban J connectivity index is 2.09. The molecule has 11 nitrogen and oxygen atoms in total. The maximum atomic E-state index is 12.2. The van der Waals surface area contributed by atoms with Crippen molar-refractivity contribution in [2.75, 3.05) is 6.67 Å². The Morgan fingerprint density at radius 1 is 1.46 bits per heavy atom. The van der Waals surface area contributed by atoms with E-state index in [0.717, 1.165) is 0 Å². The molecule has 13 heteroatoms. The molecule has 0 radical (unpaired) electrons. The van der Waals surface area contributed by atoms with Gasteiger partial charge < -0.3 is 10.1 Å². The summed E-state index contributed by atoms with van der Waals surface area (Å²) >= 11 is 0. The number of nitro groups is 1. The average Bonchev–Trinajstić information content (AvgIpc) is 3.12. The number of hydrogen-bond acceptors (Lipinski definition) is 7. The minimum Gasteiger partial charge on any atom is -0.390 e. The van der Waals surface area contributed by atoms with Gasteiger partial charge in [-0.05, 0) is 17.8 Å². The highest BCUT2D eigenvalue weighted by Crippen LogP contribution is 2.14. The summed E-state index contributed by atoms with van der Waals surface area (Å²) in [4.78, 5) is 13.7. The van der Waals surface area contributed by atoms with Crippen LogP contribution in [0, 0.1) is 10.1 Å². The van der Waals surface area contributed by atoms with Gasteiger partial charge in [0.15, 0.2) is 6.67 Å². The van der Waals surface area contributed by atoms with E-state index in [2.05, 4.69) is 15.3 Å². The zero-order valence-electron chi connectivity index (χ0n) is 12.4. The molecule has 132 valence electrons. The molecule has 0 saturated heterocycles. The number of alkyl halides is 1. The van der Waals surface area contributed by atoms with Crippen molar-refractivity contribution in [1.29, 1.82) is 0 Å². The zero-order chi connectivity index (χ0) is 17.7. The topological polar surface area (TPSA) is 146 Å². The van der Waals surface area contributed by atoms with Gasteiger partial charge in [-0.2, -0.15) is 8.42 Å². The van der Waals surface area contributed by atoms with Crippen LogP contribution in [-0.2, 0) is 23.2 Å². The summed E-state index contributed by atoms with van der Waals surface area (Å²) < 4.78 is 46.5. The lowest BCUT2D eigenvalue weighted by Crippen LogP contribution is -2.23. The number of aromatic nitrogens is 5. The molecule has 0 aromatic carbocycles. The largest absolute Gasteiger partial charge is 0.436 e. The van der Waals surface area contributed by atoms with Crippen LogP contribution in [-0.4, -0.2) is 54.4 Å². The van der Waals surface area contributed by atoms with E-state index in [1.54, 1.807) is 0 Å². The van der Waals surface area contributed by atoms with Crippen molar-refractivity contribution in [3.8, 4) is 0 Å². The van der Waals surface area contributed by atoms with E-state index in [1.165, 1.54) is 27.8 Å². The summed E-state index contributed by atoms with van der Waals surface area (Å²) in [6.45, 7) is -0.729. The van der Waals surface area contributed by atoms with Crippen LogP contribution in [0.15, 0.2) is 18.6 Å². The summed E-state index contributed by atoms with van der Waals surface area (Å²) in [5, 5.41) is 17.1. The molecule has 2 rings (SSSR count). The van der Waals surface area contributed by atoms with Gasteiger partial charge >= 0.3 is 5.95 Å². The molecule has 2 heterocycles. The molecule has 0 aliphatic carbocycles. The standard InChI is InChI=1S/C11H15FN6O5S/c12-3-1-2-10(24(21,22)23)6-9-7-17(15-14-9)8-16-5-4-13-11(16)18(19)20/h4-5,7,10H,1-3,6,8H2,(H,21,22,23). The predicted molar refractivity (Wildman–Crippen MR) is 78.6 cm³/mol. The van der Waals surface area contributed by atoms with Gasteiger partial charge in [0.25, 0.3) is 10.1 Å². The van der Waals surface area contributed by atoms with Crippen LogP contribution >= 0.6 is 0 Å². The average molecular weight is 362 g/mol. The van der Waals surface area contributed by atoms with Crippen molar-refractivity contribution in [2.45, 2.75) is 31.2 Å². The van der Waals surface area contributed by atoms with Gasteiger partial charge in [0.2, 0.25) is 0 Å². The Hall–Kier alpha value is -2.41. The molecule has 0 amide bonds. The van der Waals surface area contributed by atoms with Crippen LogP contribution in [0.3, 0.4) is 0 Å². The minimum atomic E-state index is -4.34. The molecule has 1 unspecified atom stereocenters. The molecule has 0 saturated carbocycles. The van der Waals surface area contributed by atoms with Crippen molar-refractivity contribution in [1.82, 2.24) is 24.5 Å². The molecule has 1 N–H and O–H groups in total. The minimum absolute atomic E-state index is 0.000173. The van der Waals surface area contributed by atoms with Gasteiger partial charge in [0.1, 0.15) is 12.4 Å². The maximum absolute atomic E-state index is 12.2. The fourth-order valence-corrected chi connectivity index (χ4v) is 2.98. The van der Waals surface area contributed by atoms with Crippen molar-refractivity contribution in [2.24, 2.45) is 0 Å². The SMILES string of the molecule is O=[N+]([O-])c1nccn1Cn1cc(CC(CCCF)S(=O)(=O)O)nn1. The first kappa shape index (κ1) is 17.9. The lowest BCUT2D eigenvalue weighted by Gasteiger charge is -2.10. The molecule has 0 aliphatic heterocycles. The van der Waals surface area contributed by atoms with E-state index in [9.17, 15) is 27.5 Å². The Morgan fingerprint density at radius 3 is 2.83 bits per heavy atom. The number of halogens is 1. The number of rotatable bonds is 9. The van der Waals surface area contributed by atoms with Crippen LogP contribution in [0.25, 0.3) is 0 Å². The van der Waals surface area contributed by atoms with E-state index in [0.29, 0.717) is 0 Å². The lowest BCUT2D eigenvalue weighted by atomic mass is 10.1. The Labute approximate surface area is 136 Å². The van der Waals surface area contributed by atoms with Gasteiger partial charge in [0.05, 0.1) is 23.8 Å². The van der Waals surface area contributed by atoms with Crippen molar-refractivity contribution in [3.05, 3.63) is 34.4 Å². The number of nitrogens with zero attached hydrogens (tertiary/aromatic N) is 6. The molecule has 0 fully saturated rings. The second-order valence-corrected chi connectivity index (χ2v) is 6.71. The van der Waals surface area contributed by atoms with Gasteiger partial charge in [-0.25, -0.2) is 9.25 Å².